The first-order valence-electron chi connectivity index (χ1n) is 7.88. The molecule has 0 atom stereocenters. The van der Waals surface area contributed by atoms with Gasteiger partial charge in [-0.05, 0) is 38.5 Å². The van der Waals surface area contributed by atoms with Crippen LogP contribution in [-0.4, -0.2) is 15.5 Å². The molecule has 25 heavy (non-hydrogen) atoms. The summed E-state index contributed by atoms with van der Waals surface area (Å²) in [5.41, 5.74) is 1.70. The maximum Gasteiger partial charge on any atom is 0.264 e. The number of aryl methyl sites for hydroxylation is 4. The zero-order valence-corrected chi connectivity index (χ0v) is 14.2. The van der Waals surface area contributed by atoms with E-state index in [1.54, 1.807) is 32.9 Å². The molecule has 3 rings (SSSR count). The van der Waals surface area contributed by atoms with E-state index in [2.05, 4.69) is 10.3 Å². The highest BCUT2D eigenvalue weighted by atomic mass is 19.1. The second kappa shape index (κ2) is 6.51. The zero-order chi connectivity index (χ0) is 18.1. The molecule has 0 aliphatic carbocycles. The number of amides is 1. The van der Waals surface area contributed by atoms with Gasteiger partial charge in [0, 0.05) is 24.2 Å². The molecule has 0 bridgehead atoms. The highest BCUT2D eigenvalue weighted by molar-refractivity contribution is 5.90. The Morgan fingerprint density at radius 3 is 2.80 bits per heavy atom. The lowest BCUT2D eigenvalue weighted by Gasteiger charge is -2.08. The number of hydrogen-bond acceptors (Lipinski definition) is 4. The fraction of sp³-hybridized carbons (Fsp3) is 0.278. The number of rotatable bonds is 4. The lowest BCUT2D eigenvalue weighted by molar-refractivity contribution is -0.116. The third kappa shape index (κ3) is 3.31. The SMILES string of the molecule is Cc1ccc(NC(=O)CCn2cnc3oc(C)c(C)c3c2=O)cc1F. The van der Waals surface area contributed by atoms with Crippen LogP contribution in [0.1, 0.15) is 23.3 Å². The third-order valence-corrected chi connectivity index (χ3v) is 4.19. The van der Waals surface area contributed by atoms with E-state index in [-0.39, 0.29) is 30.2 Å². The molecule has 0 saturated carbocycles. The first-order chi connectivity index (χ1) is 11.9. The van der Waals surface area contributed by atoms with Gasteiger partial charge >= 0.3 is 0 Å². The van der Waals surface area contributed by atoms with E-state index in [0.717, 1.165) is 5.56 Å². The predicted molar refractivity (Wildman–Crippen MR) is 92.1 cm³/mol. The van der Waals surface area contributed by atoms with Crippen molar-refractivity contribution in [3.63, 3.8) is 0 Å². The van der Waals surface area contributed by atoms with Crippen molar-refractivity contribution in [1.82, 2.24) is 9.55 Å². The first-order valence-corrected chi connectivity index (χ1v) is 7.88. The monoisotopic (exact) mass is 343 g/mol. The normalized spacial score (nSPS) is 11.0. The molecule has 1 N–H and O–H groups in total. The fourth-order valence-electron chi connectivity index (χ4n) is 2.55. The van der Waals surface area contributed by atoms with Crippen molar-refractivity contribution in [2.24, 2.45) is 0 Å². The van der Waals surface area contributed by atoms with Gasteiger partial charge in [0.05, 0.1) is 0 Å². The molecule has 0 fully saturated rings. The number of aromatic nitrogens is 2. The Bertz CT molecular complexity index is 1020. The highest BCUT2D eigenvalue weighted by Gasteiger charge is 2.14. The van der Waals surface area contributed by atoms with Crippen molar-refractivity contribution < 1.29 is 13.6 Å². The minimum atomic E-state index is -0.380. The van der Waals surface area contributed by atoms with E-state index < -0.39 is 0 Å². The van der Waals surface area contributed by atoms with Crippen LogP contribution in [0, 0.1) is 26.6 Å². The minimum Gasteiger partial charge on any atom is -0.443 e. The van der Waals surface area contributed by atoms with Gasteiger partial charge in [-0.1, -0.05) is 6.07 Å². The van der Waals surface area contributed by atoms with Gasteiger partial charge in [-0.25, -0.2) is 9.37 Å². The number of anilines is 1. The number of carbonyl (C=O) groups excluding carboxylic acids is 1. The fourth-order valence-corrected chi connectivity index (χ4v) is 2.55. The summed E-state index contributed by atoms with van der Waals surface area (Å²) >= 11 is 0. The third-order valence-electron chi connectivity index (χ3n) is 4.19. The number of halogens is 1. The Morgan fingerprint density at radius 1 is 1.32 bits per heavy atom. The Morgan fingerprint density at radius 2 is 2.08 bits per heavy atom. The van der Waals surface area contributed by atoms with Crippen LogP contribution in [0.4, 0.5) is 10.1 Å². The van der Waals surface area contributed by atoms with E-state index in [9.17, 15) is 14.0 Å². The Labute approximate surface area is 143 Å². The van der Waals surface area contributed by atoms with E-state index in [1.165, 1.54) is 17.0 Å². The van der Waals surface area contributed by atoms with Crippen LogP contribution in [0.25, 0.3) is 11.1 Å². The van der Waals surface area contributed by atoms with Crippen LogP contribution in [0.15, 0.2) is 33.7 Å². The summed E-state index contributed by atoms with van der Waals surface area (Å²) in [5, 5.41) is 3.05. The maximum absolute atomic E-state index is 13.5. The van der Waals surface area contributed by atoms with Crippen LogP contribution in [0.2, 0.25) is 0 Å². The topological polar surface area (TPSA) is 77.1 Å². The molecule has 1 amide bonds. The summed E-state index contributed by atoms with van der Waals surface area (Å²) in [6, 6.07) is 4.50. The van der Waals surface area contributed by atoms with Gasteiger partial charge < -0.3 is 9.73 Å². The van der Waals surface area contributed by atoms with Gasteiger partial charge in [-0.3, -0.25) is 14.2 Å². The van der Waals surface area contributed by atoms with E-state index >= 15 is 0 Å². The lowest BCUT2D eigenvalue weighted by atomic mass is 10.2. The summed E-state index contributed by atoms with van der Waals surface area (Å²) in [6.45, 7) is 5.39. The Balaban J connectivity index is 1.73. The molecule has 2 aromatic heterocycles. The van der Waals surface area contributed by atoms with Gasteiger partial charge in [-0.15, -0.1) is 0 Å². The van der Waals surface area contributed by atoms with Crippen LogP contribution >= 0.6 is 0 Å². The molecular weight excluding hydrogens is 325 g/mol. The van der Waals surface area contributed by atoms with Crippen LogP contribution in [0.5, 0.6) is 0 Å². The minimum absolute atomic E-state index is 0.0679. The summed E-state index contributed by atoms with van der Waals surface area (Å²) in [7, 11) is 0. The molecule has 0 radical (unpaired) electrons. The molecule has 3 aromatic rings. The zero-order valence-electron chi connectivity index (χ0n) is 14.2. The van der Waals surface area contributed by atoms with Crippen molar-refractivity contribution in [2.45, 2.75) is 33.7 Å². The summed E-state index contributed by atoms with van der Waals surface area (Å²) < 4.78 is 20.3. The van der Waals surface area contributed by atoms with Gasteiger partial charge in [-0.2, -0.15) is 0 Å². The van der Waals surface area contributed by atoms with E-state index in [0.29, 0.717) is 28.1 Å². The average molecular weight is 343 g/mol. The van der Waals surface area contributed by atoms with E-state index in [1.807, 2.05) is 0 Å². The van der Waals surface area contributed by atoms with Gasteiger partial charge in [0.2, 0.25) is 11.6 Å². The Kier molecular flexibility index (Phi) is 4.39. The number of benzene rings is 1. The van der Waals surface area contributed by atoms with Gasteiger partial charge in [0.25, 0.3) is 5.56 Å². The molecule has 130 valence electrons. The first kappa shape index (κ1) is 16.9. The number of furan rings is 1. The van der Waals surface area contributed by atoms with Crippen molar-refractivity contribution in [3.8, 4) is 0 Å². The van der Waals surface area contributed by atoms with Crippen molar-refractivity contribution in [2.75, 3.05) is 5.32 Å². The van der Waals surface area contributed by atoms with Gasteiger partial charge in [0.1, 0.15) is 23.3 Å². The second-order valence-corrected chi connectivity index (χ2v) is 5.97. The molecule has 0 aliphatic rings. The molecule has 1 aromatic carbocycles. The lowest BCUT2D eigenvalue weighted by Crippen LogP contribution is -2.23. The molecule has 6 nitrogen and oxygen atoms in total. The largest absolute Gasteiger partial charge is 0.443 e. The number of hydrogen-bond donors (Lipinski definition) is 1. The number of nitrogens with zero attached hydrogens (tertiary/aromatic N) is 2. The van der Waals surface area contributed by atoms with Crippen molar-refractivity contribution in [3.05, 3.63) is 57.6 Å². The second-order valence-electron chi connectivity index (χ2n) is 5.97. The predicted octanol–water partition coefficient (Wildman–Crippen LogP) is 3.08. The molecule has 0 aliphatic heterocycles. The van der Waals surface area contributed by atoms with E-state index in [4.69, 9.17) is 4.42 Å². The standard InChI is InChI=1S/C18H18FN3O3/c1-10-4-5-13(8-14(10)19)21-15(23)6-7-22-9-20-17-16(18(22)24)11(2)12(3)25-17/h4-5,8-9H,6-7H2,1-3H3,(H,21,23). The van der Waals surface area contributed by atoms with Crippen LogP contribution < -0.4 is 10.9 Å². The quantitative estimate of drug-likeness (QED) is 0.790. The summed E-state index contributed by atoms with van der Waals surface area (Å²) in [5.74, 6) is -0.0405. The number of carbonyl (C=O) groups is 1. The molecular formula is C18H18FN3O3. The smallest absolute Gasteiger partial charge is 0.264 e. The average Bonchev–Trinajstić information content (AvgIpc) is 2.86. The Hall–Kier alpha value is -2.96. The number of nitrogens with one attached hydrogen (secondary N) is 1. The molecule has 2 heterocycles. The molecule has 0 unspecified atom stereocenters. The summed E-state index contributed by atoms with van der Waals surface area (Å²) in [6.07, 6.45) is 1.43. The molecule has 0 saturated heterocycles. The highest BCUT2D eigenvalue weighted by Crippen LogP contribution is 2.19. The molecule has 0 spiro atoms. The van der Waals surface area contributed by atoms with Crippen molar-refractivity contribution in [1.29, 1.82) is 0 Å². The van der Waals surface area contributed by atoms with Crippen molar-refractivity contribution >= 4 is 22.7 Å². The van der Waals surface area contributed by atoms with Crippen LogP contribution in [-0.2, 0) is 11.3 Å². The molecule has 7 heteroatoms. The number of fused-ring (bicyclic) bond motifs is 1. The summed E-state index contributed by atoms with van der Waals surface area (Å²) in [4.78, 5) is 28.7. The van der Waals surface area contributed by atoms with Crippen LogP contribution in [0.3, 0.4) is 0 Å². The van der Waals surface area contributed by atoms with Gasteiger partial charge in [0.15, 0.2) is 0 Å². The maximum atomic E-state index is 13.5.